The average molecular weight is 302 g/mol. The first-order valence-corrected chi connectivity index (χ1v) is 9.42. The number of fused-ring (bicyclic) bond motifs is 5. The molecule has 7 fully saturated rings. The van der Waals surface area contributed by atoms with Crippen LogP contribution in [0.2, 0.25) is 0 Å². The van der Waals surface area contributed by atoms with E-state index >= 15 is 0 Å². The van der Waals surface area contributed by atoms with Crippen molar-refractivity contribution in [2.75, 3.05) is 6.61 Å². The maximum atomic E-state index is 12.5. The molecule has 6 unspecified atom stereocenters. The number of carbonyl (C=O) groups is 1. The van der Waals surface area contributed by atoms with Crippen LogP contribution in [-0.4, -0.2) is 23.3 Å². The molecule has 1 aliphatic heterocycles. The molecule has 0 radical (unpaired) electrons. The van der Waals surface area contributed by atoms with E-state index in [1.807, 2.05) is 0 Å². The predicted octanol–water partition coefficient (Wildman–Crippen LogP) is 2.91. The molecule has 1 heterocycles. The molecule has 6 saturated carbocycles. The fraction of sp³-hybridized carbons (Fsp3) is 0.947. The van der Waals surface area contributed by atoms with E-state index in [2.05, 4.69) is 0 Å². The second kappa shape index (κ2) is 3.58. The maximum absolute atomic E-state index is 12.5. The van der Waals surface area contributed by atoms with Crippen molar-refractivity contribution in [3.8, 4) is 0 Å². The molecule has 1 N–H and O–H groups in total. The molecule has 0 spiro atoms. The van der Waals surface area contributed by atoms with Gasteiger partial charge in [-0.15, -0.1) is 0 Å². The zero-order valence-electron chi connectivity index (χ0n) is 13.2. The predicted molar refractivity (Wildman–Crippen MR) is 79.8 cm³/mol. The Morgan fingerprint density at radius 2 is 1.86 bits per heavy atom. The first-order valence-electron chi connectivity index (χ1n) is 9.42. The van der Waals surface area contributed by atoms with Crippen LogP contribution in [0.1, 0.15) is 57.8 Å². The van der Waals surface area contributed by atoms with Crippen molar-refractivity contribution in [3.05, 3.63) is 0 Å². The maximum Gasteiger partial charge on any atom is 0.309 e. The first kappa shape index (κ1) is 12.8. The summed E-state index contributed by atoms with van der Waals surface area (Å²) in [6, 6.07) is 0. The van der Waals surface area contributed by atoms with Crippen LogP contribution in [0.25, 0.3) is 0 Å². The Labute approximate surface area is 131 Å². The summed E-state index contributed by atoms with van der Waals surface area (Å²) in [5, 5.41) is 11.1. The largest absolute Gasteiger partial charge is 0.465 e. The van der Waals surface area contributed by atoms with Gasteiger partial charge in [-0.2, -0.15) is 0 Å². The number of cyclic esters (lactones) is 1. The summed E-state index contributed by atoms with van der Waals surface area (Å²) in [6.07, 6.45) is 10.7. The quantitative estimate of drug-likeness (QED) is 0.758. The van der Waals surface area contributed by atoms with Crippen LogP contribution in [0.3, 0.4) is 0 Å². The molecule has 6 bridgehead atoms. The lowest BCUT2D eigenvalue weighted by molar-refractivity contribution is -0.214. The van der Waals surface area contributed by atoms with Gasteiger partial charge in [0.15, 0.2) is 0 Å². The number of aliphatic hydroxyl groups is 1. The molecular weight excluding hydrogens is 276 g/mol. The summed E-state index contributed by atoms with van der Waals surface area (Å²) >= 11 is 0. The van der Waals surface area contributed by atoms with Crippen molar-refractivity contribution in [1.82, 2.24) is 0 Å². The summed E-state index contributed by atoms with van der Waals surface area (Å²) in [5.74, 6) is 2.94. The average Bonchev–Trinajstić information content (AvgIpc) is 3.08. The Bertz CT molecular complexity index is 555. The minimum Gasteiger partial charge on any atom is -0.465 e. The molecule has 3 nitrogen and oxygen atoms in total. The molecule has 0 amide bonds. The van der Waals surface area contributed by atoms with Crippen LogP contribution < -0.4 is 0 Å². The molecule has 0 aromatic heterocycles. The van der Waals surface area contributed by atoms with Crippen LogP contribution in [0, 0.1) is 40.4 Å². The van der Waals surface area contributed by atoms with Gasteiger partial charge in [0.2, 0.25) is 0 Å². The van der Waals surface area contributed by atoms with Crippen LogP contribution in [0.5, 0.6) is 0 Å². The second-order valence-electron chi connectivity index (χ2n) is 9.90. The van der Waals surface area contributed by atoms with E-state index in [1.54, 1.807) is 0 Å². The van der Waals surface area contributed by atoms with E-state index in [0.29, 0.717) is 12.5 Å². The zero-order chi connectivity index (χ0) is 14.7. The molecule has 3 heteroatoms. The topological polar surface area (TPSA) is 46.5 Å². The summed E-state index contributed by atoms with van der Waals surface area (Å²) in [4.78, 5) is 12.5. The van der Waals surface area contributed by atoms with E-state index in [4.69, 9.17) is 4.74 Å². The number of esters is 1. The first-order chi connectivity index (χ1) is 10.5. The van der Waals surface area contributed by atoms with E-state index in [-0.39, 0.29) is 22.7 Å². The minimum atomic E-state index is -0.405. The third kappa shape index (κ3) is 1.26. The Kier molecular flexibility index (Phi) is 2.08. The van der Waals surface area contributed by atoms with Crippen molar-refractivity contribution in [3.63, 3.8) is 0 Å². The van der Waals surface area contributed by atoms with Crippen molar-refractivity contribution in [2.24, 2.45) is 40.4 Å². The Balaban J connectivity index is 1.49. The highest BCUT2D eigenvalue weighted by atomic mass is 16.5. The molecular formula is C19H26O3. The summed E-state index contributed by atoms with van der Waals surface area (Å²) in [5.41, 5.74) is 0.0303. The van der Waals surface area contributed by atoms with Crippen molar-refractivity contribution in [1.29, 1.82) is 0 Å². The third-order valence-corrected chi connectivity index (χ3v) is 8.98. The van der Waals surface area contributed by atoms with Crippen LogP contribution >= 0.6 is 0 Å². The Morgan fingerprint density at radius 1 is 1.09 bits per heavy atom. The molecule has 1 saturated heterocycles. The summed E-state index contributed by atoms with van der Waals surface area (Å²) < 4.78 is 5.51. The Hall–Kier alpha value is -0.570. The number of hydrogen-bond donors (Lipinski definition) is 1. The number of hydrogen-bond acceptors (Lipinski definition) is 3. The monoisotopic (exact) mass is 302 g/mol. The van der Waals surface area contributed by atoms with E-state index in [9.17, 15) is 9.90 Å². The van der Waals surface area contributed by atoms with Gasteiger partial charge in [0.05, 0.1) is 18.1 Å². The lowest BCUT2D eigenvalue weighted by Crippen LogP contribution is -2.62. The van der Waals surface area contributed by atoms with Gasteiger partial charge < -0.3 is 9.84 Å². The van der Waals surface area contributed by atoms with Gasteiger partial charge in [-0.05, 0) is 86.4 Å². The SMILES string of the molecule is O=C1OCC2C3CCC(C45CC6CC(CC(O)(C6)C4)C5)(C3)C12. The fourth-order valence-corrected chi connectivity index (χ4v) is 8.95. The third-order valence-electron chi connectivity index (χ3n) is 8.98. The minimum absolute atomic E-state index is 0.106. The van der Waals surface area contributed by atoms with E-state index < -0.39 is 5.60 Å². The molecule has 0 aromatic rings. The smallest absolute Gasteiger partial charge is 0.309 e. The lowest BCUT2D eigenvalue weighted by atomic mass is 9.39. The highest BCUT2D eigenvalue weighted by Crippen LogP contribution is 2.77. The number of ether oxygens (including phenoxy) is 1. The van der Waals surface area contributed by atoms with Gasteiger partial charge in [-0.25, -0.2) is 0 Å². The molecule has 0 aromatic carbocycles. The number of carbonyl (C=O) groups excluding carboxylic acids is 1. The molecule has 6 atom stereocenters. The fourth-order valence-electron chi connectivity index (χ4n) is 8.95. The zero-order valence-corrected chi connectivity index (χ0v) is 13.2. The van der Waals surface area contributed by atoms with Crippen LogP contribution in [0.15, 0.2) is 0 Å². The molecule has 6 aliphatic carbocycles. The number of rotatable bonds is 1. The van der Waals surface area contributed by atoms with Gasteiger partial charge in [0, 0.05) is 5.92 Å². The van der Waals surface area contributed by atoms with E-state index in [1.165, 1.54) is 38.5 Å². The highest BCUT2D eigenvalue weighted by molar-refractivity contribution is 5.77. The standard InChI is InChI=1S/C19H26O3/c20-16-15-14(9-22-16)13-1-2-19(15,8-13)17-4-11-3-12(5-17)7-18(21,6-11)10-17/h11-15,21H,1-10H2. The molecule has 7 aliphatic rings. The van der Waals surface area contributed by atoms with Crippen LogP contribution in [0.4, 0.5) is 0 Å². The van der Waals surface area contributed by atoms with Gasteiger partial charge in [-0.3, -0.25) is 4.79 Å². The van der Waals surface area contributed by atoms with Crippen molar-refractivity contribution >= 4 is 5.97 Å². The van der Waals surface area contributed by atoms with Crippen molar-refractivity contribution < 1.29 is 14.6 Å². The molecule has 7 rings (SSSR count). The van der Waals surface area contributed by atoms with Crippen molar-refractivity contribution in [2.45, 2.75) is 63.4 Å². The Morgan fingerprint density at radius 3 is 2.59 bits per heavy atom. The van der Waals surface area contributed by atoms with Gasteiger partial charge in [0.1, 0.15) is 0 Å². The summed E-state index contributed by atoms with van der Waals surface area (Å²) in [7, 11) is 0. The summed E-state index contributed by atoms with van der Waals surface area (Å²) in [6.45, 7) is 0.684. The highest BCUT2D eigenvalue weighted by Gasteiger charge is 2.74. The normalized spacial score (nSPS) is 64.2. The van der Waals surface area contributed by atoms with Crippen LogP contribution in [-0.2, 0) is 9.53 Å². The second-order valence-corrected chi connectivity index (χ2v) is 9.90. The molecule has 120 valence electrons. The molecule has 22 heavy (non-hydrogen) atoms. The van der Waals surface area contributed by atoms with Gasteiger partial charge >= 0.3 is 5.97 Å². The van der Waals surface area contributed by atoms with E-state index in [0.717, 1.165) is 37.0 Å². The van der Waals surface area contributed by atoms with Gasteiger partial charge in [-0.1, -0.05) is 0 Å². The van der Waals surface area contributed by atoms with Gasteiger partial charge in [0.25, 0.3) is 0 Å². The lowest BCUT2D eigenvalue weighted by Gasteiger charge is -2.66.